The molecule has 0 aliphatic carbocycles. The molecule has 5 nitrogen and oxygen atoms in total. The van der Waals surface area contributed by atoms with Gasteiger partial charge in [0.15, 0.2) is 0 Å². The Morgan fingerprint density at radius 2 is 1.94 bits per heavy atom. The summed E-state index contributed by atoms with van der Waals surface area (Å²) in [5, 5.41) is 7.68. The van der Waals surface area contributed by atoms with Crippen LogP contribution in [0.4, 0.5) is 0 Å². The van der Waals surface area contributed by atoms with Crippen LogP contribution >= 0.6 is 0 Å². The molecular weight excluding hydrogens is 214 g/mol. The van der Waals surface area contributed by atoms with Crippen molar-refractivity contribution in [3.05, 3.63) is 41.2 Å². The van der Waals surface area contributed by atoms with E-state index in [0.717, 1.165) is 18.1 Å². The Morgan fingerprint density at radius 3 is 2.59 bits per heavy atom. The van der Waals surface area contributed by atoms with Crippen molar-refractivity contribution in [2.24, 2.45) is 0 Å². The zero-order chi connectivity index (χ0) is 12.3. The van der Waals surface area contributed by atoms with Gasteiger partial charge in [0.2, 0.25) is 0 Å². The van der Waals surface area contributed by atoms with Crippen LogP contribution < -0.4 is 5.32 Å². The van der Waals surface area contributed by atoms with Gasteiger partial charge in [0, 0.05) is 30.2 Å². The molecule has 0 atom stereocenters. The van der Waals surface area contributed by atoms with Crippen LogP contribution in [0, 0.1) is 13.8 Å². The maximum Gasteiger partial charge on any atom is 0.149 e. The maximum atomic E-state index is 4.52. The lowest BCUT2D eigenvalue weighted by atomic mass is 10.2. The standard InChI is InChI=1S/C12H17N5/c1-9-11(7-13-3)10(2)17(16-9)8-12-14-5-4-6-15-12/h4-6,13H,7-8H2,1-3H3. The molecule has 5 heteroatoms. The maximum absolute atomic E-state index is 4.52. The van der Waals surface area contributed by atoms with E-state index in [1.807, 2.05) is 24.7 Å². The van der Waals surface area contributed by atoms with Gasteiger partial charge in [-0.25, -0.2) is 9.97 Å². The summed E-state index contributed by atoms with van der Waals surface area (Å²) in [6.45, 7) is 5.57. The monoisotopic (exact) mass is 231 g/mol. The van der Waals surface area contributed by atoms with E-state index in [1.54, 1.807) is 12.4 Å². The molecule has 17 heavy (non-hydrogen) atoms. The highest BCUT2D eigenvalue weighted by Gasteiger charge is 2.11. The summed E-state index contributed by atoms with van der Waals surface area (Å²) in [7, 11) is 1.94. The van der Waals surface area contributed by atoms with E-state index in [1.165, 1.54) is 11.3 Å². The number of nitrogens with zero attached hydrogens (tertiary/aromatic N) is 4. The third-order valence-electron chi connectivity index (χ3n) is 2.80. The van der Waals surface area contributed by atoms with Crippen LogP contribution in [0.15, 0.2) is 18.5 Å². The lowest BCUT2D eigenvalue weighted by Gasteiger charge is -2.04. The van der Waals surface area contributed by atoms with E-state index in [9.17, 15) is 0 Å². The summed E-state index contributed by atoms with van der Waals surface area (Å²) in [6, 6.07) is 1.82. The molecule has 0 spiro atoms. The van der Waals surface area contributed by atoms with Gasteiger partial charge in [0.25, 0.3) is 0 Å². The third-order valence-corrected chi connectivity index (χ3v) is 2.80. The summed E-state index contributed by atoms with van der Waals surface area (Å²) >= 11 is 0. The van der Waals surface area contributed by atoms with Crippen molar-refractivity contribution in [2.45, 2.75) is 26.9 Å². The molecule has 2 rings (SSSR count). The summed E-state index contributed by atoms with van der Waals surface area (Å²) in [4.78, 5) is 8.42. The molecule has 2 aromatic heterocycles. The second kappa shape index (κ2) is 5.05. The normalized spacial score (nSPS) is 10.8. The van der Waals surface area contributed by atoms with Gasteiger partial charge in [-0.3, -0.25) is 4.68 Å². The summed E-state index contributed by atoms with van der Waals surface area (Å²) in [6.07, 6.45) is 3.51. The lowest BCUT2D eigenvalue weighted by molar-refractivity contribution is 0.630. The second-order valence-electron chi connectivity index (χ2n) is 4.00. The van der Waals surface area contributed by atoms with Crippen LogP contribution in [-0.4, -0.2) is 26.8 Å². The Hall–Kier alpha value is -1.75. The Balaban J connectivity index is 2.25. The average Bonchev–Trinajstić information content (AvgIpc) is 2.59. The van der Waals surface area contributed by atoms with Gasteiger partial charge < -0.3 is 5.32 Å². The summed E-state index contributed by atoms with van der Waals surface area (Å²) in [5.74, 6) is 0.786. The molecule has 0 amide bonds. The Bertz CT molecular complexity index is 489. The first-order chi connectivity index (χ1) is 8.22. The Labute approximate surface area is 101 Å². The predicted octanol–water partition coefficient (Wildman–Crippen LogP) is 1.06. The van der Waals surface area contributed by atoms with E-state index < -0.39 is 0 Å². The van der Waals surface area contributed by atoms with E-state index in [2.05, 4.69) is 27.3 Å². The van der Waals surface area contributed by atoms with Crippen molar-refractivity contribution in [1.82, 2.24) is 25.1 Å². The Morgan fingerprint density at radius 1 is 1.24 bits per heavy atom. The molecular formula is C12H17N5. The molecule has 0 aliphatic heterocycles. The molecule has 0 unspecified atom stereocenters. The molecule has 2 heterocycles. The highest BCUT2D eigenvalue weighted by Crippen LogP contribution is 2.13. The number of aryl methyl sites for hydroxylation is 1. The van der Waals surface area contributed by atoms with E-state index in [0.29, 0.717) is 6.54 Å². The van der Waals surface area contributed by atoms with Crippen LogP contribution in [0.25, 0.3) is 0 Å². The molecule has 0 bridgehead atoms. The Kier molecular flexibility index (Phi) is 3.49. The lowest BCUT2D eigenvalue weighted by Crippen LogP contribution is -2.09. The van der Waals surface area contributed by atoms with Crippen molar-refractivity contribution in [1.29, 1.82) is 0 Å². The van der Waals surface area contributed by atoms with Crippen LogP contribution in [0.1, 0.15) is 22.8 Å². The molecule has 0 saturated heterocycles. The molecule has 0 saturated carbocycles. The zero-order valence-electron chi connectivity index (χ0n) is 10.4. The van der Waals surface area contributed by atoms with Gasteiger partial charge in [-0.1, -0.05) is 0 Å². The van der Waals surface area contributed by atoms with Crippen LogP contribution in [0.2, 0.25) is 0 Å². The molecule has 0 aliphatic rings. The third kappa shape index (κ3) is 2.50. The predicted molar refractivity (Wildman–Crippen MR) is 65.6 cm³/mol. The number of aromatic nitrogens is 4. The van der Waals surface area contributed by atoms with Crippen molar-refractivity contribution in [2.75, 3.05) is 7.05 Å². The molecule has 0 aromatic carbocycles. The van der Waals surface area contributed by atoms with Crippen LogP contribution in [0.5, 0.6) is 0 Å². The average molecular weight is 231 g/mol. The highest BCUT2D eigenvalue weighted by molar-refractivity contribution is 5.24. The first-order valence-electron chi connectivity index (χ1n) is 5.65. The number of hydrogen-bond acceptors (Lipinski definition) is 4. The van der Waals surface area contributed by atoms with E-state index in [-0.39, 0.29) is 0 Å². The fraction of sp³-hybridized carbons (Fsp3) is 0.417. The SMILES string of the molecule is CNCc1c(C)nn(Cc2ncccn2)c1C. The van der Waals surface area contributed by atoms with Gasteiger partial charge >= 0.3 is 0 Å². The van der Waals surface area contributed by atoms with Gasteiger partial charge in [-0.05, 0) is 27.0 Å². The number of nitrogens with one attached hydrogen (secondary N) is 1. The first kappa shape index (κ1) is 11.7. The zero-order valence-corrected chi connectivity index (χ0v) is 10.4. The van der Waals surface area contributed by atoms with Crippen LogP contribution in [-0.2, 0) is 13.1 Å². The van der Waals surface area contributed by atoms with Crippen molar-refractivity contribution < 1.29 is 0 Å². The number of rotatable bonds is 4. The van der Waals surface area contributed by atoms with Crippen molar-refractivity contribution >= 4 is 0 Å². The minimum atomic E-state index is 0.622. The fourth-order valence-corrected chi connectivity index (χ4v) is 1.87. The van der Waals surface area contributed by atoms with Gasteiger partial charge in [-0.2, -0.15) is 5.10 Å². The topological polar surface area (TPSA) is 55.6 Å². The quantitative estimate of drug-likeness (QED) is 0.854. The van der Waals surface area contributed by atoms with Gasteiger partial charge in [-0.15, -0.1) is 0 Å². The molecule has 2 aromatic rings. The fourth-order valence-electron chi connectivity index (χ4n) is 1.87. The van der Waals surface area contributed by atoms with Crippen molar-refractivity contribution in [3.63, 3.8) is 0 Å². The smallest absolute Gasteiger partial charge is 0.149 e. The summed E-state index contributed by atoms with van der Waals surface area (Å²) < 4.78 is 1.96. The highest BCUT2D eigenvalue weighted by atomic mass is 15.3. The molecule has 90 valence electrons. The minimum Gasteiger partial charge on any atom is -0.316 e. The van der Waals surface area contributed by atoms with E-state index in [4.69, 9.17) is 0 Å². The van der Waals surface area contributed by atoms with Gasteiger partial charge in [0.1, 0.15) is 12.4 Å². The summed E-state index contributed by atoms with van der Waals surface area (Å²) in [5.41, 5.74) is 3.49. The number of hydrogen-bond donors (Lipinski definition) is 1. The van der Waals surface area contributed by atoms with Crippen LogP contribution in [0.3, 0.4) is 0 Å². The minimum absolute atomic E-state index is 0.622. The molecule has 0 fully saturated rings. The molecule has 0 radical (unpaired) electrons. The largest absolute Gasteiger partial charge is 0.316 e. The molecule has 1 N–H and O–H groups in total. The first-order valence-corrected chi connectivity index (χ1v) is 5.65. The van der Waals surface area contributed by atoms with E-state index >= 15 is 0 Å². The second-order valence-corrected chi connectivity index (χ2v) is 4.00. The van der Waals surface area contributed by atoms with Crippen molar-refractivity contribution in [3.8, 4) is 0 Å². The van der Waals surface area contributed by atoms with Gasteiger partial charge in [0.05, 0.1) is 5.69 Å².